The molecule has 0 aromatic carbocycles. The molecule has 2 bridgehead atoms. The van der Waals surface area contributed by atoms with Gasteiger partial charge in [0.25, 0.3) is 0 Å². The van der Waals surface area contributed by atoms with Crippen LogP contribution in [0.3, 0.4) is 0 Å². The maximum atomic E-state index is 11.3. The van der Waals surface area contributed by atoms with Crippen LogP contribution in [0.4, 0.5) is 0 Å². The van der Waals surface area contributed by atoms with Gasteiger partial charge < -0.3 is 28.4 Å². The molecule has 0 N–H and O–H groups in total. The maximum Gasteiger partial charge on any atom is 0.330 e. The van der Waals surface area contributed by atoms with Gasteiger partial charge in [-0.25, -0.2) is 14.4 Å². The number of fused-ring (bicyclic) bond motifs is 2. The van der Waals surface area contributed by atoms with E-state index in [1.54, 1.807) is 0 Å². The van der Waals surface area contributed by atoms with E-state index in [0.29, 0.717) is 44.6 Å². The van der Waals surface area contributed by atoms with Crippen LogP contribution in [0, 0.1) is 22.2 Å². The molecule has 226 valence electrons. The zero-order valence-corrected chi connectivity index (χ0v) is 24.7. The van der Waals surface area contributed by atoms with Crippen LogP contribution < -0.4 is 0 Å². The van der Waals surface area contributed by atoms with Gasteiger partial charge in [0.15, 0.2) is 0 Å². The van der Waals surface area contributed by atoms with Gasteiger partial charge in [0.05, 0.1) is 24.7 Å². The Balaban J connectivity index is 0.000000213. The molecule has 9 heteroatoms. The number of carbonyl (C=O) groups excluding carboxylic acids is 3. The van der Waals surface area contributed by atoms with E-state index in [2.05, 4.69) is 40.5 Å². The lowest BCUT2D eigenvalue weighted by Crippen LogP contribution is -2.41. The molecule has 2 saturated carbocycles. The van der Waals surface area contributed by atoms with Crippen LogP contribution in [-0.4, -0.2) is 69.9 Å². The van der Waals surface area contributed by atoms with E-state index in [0.717, 1.165) is 44.4 Å². The standard InChI is InChI=1S/C13H20O2.C10H16O4.C8H12O3/c1-5-11(14)15-10-8-9-6-7-13(10,4)12(9,2)3;1-3-9(11)14-7-10(4-2)5-12-8-13-6-10;1-2-8(9)11-6-7-4-3-5-10-7/h5,9-10H,1,6-8H2,2-4H3;3H,1,4-8H2,2H3;2,7H,1,3-6H2. The monoisotopic (exact) mass is 564 g/mol. The first kappa shape index (κ1) is 33.7. The summed E-state index contributed by atoms with van der Waals surface area (Å²) in [6.07, 6.45) is 10.2. The maximum absolute atomic E-state index is 11.3. The van der Waals surface area contributed by atoms with Crippen LogP contribution in [0.5, 0.6) is 0 Å². The molecule has 4 unspecified atom stereocenters. The van der Waals surface area contributed by atoms with E-state index >= 15 is 0 Å². The van der Waals surface area contributed by atoms with E-state index in [4.69, 9.17) is 28.4 Å². The van der Waals surface area contributed by atoms with Gasteiger partial charge in [-0.05, 0) is 49.9 Å². The summed E-state index contributed by atoms with van der Waals surface area (Å²) in [7, 11) is 0. The molecular weight excluding hydrogens is 516 g/mol. The first-order valence-corrected chi connectivity index (χ1v) is 14.2. The summed E-state index contributed by atoms with van der Waals surface area (Å²) in [6.45, 7) is 22.0. The van der Waals surface area contributed by atoms with Crippen molar-refractivity contribution < 1.29 is 42.8 Å². The zero-order valence-electron chi connectivity index (χ0n) is 24.7. The average molecular weight is 565 g/mol. The van der Waals surface area contributed by atoms with Gasteiger partial charge >= 0.3 is 17.9 Å². The lowest BCUT2D eigenvalue weighted by atomic mass is 9.70. The quantitative estimate of drug-likeness (QED) is 0.219. The number of esters is 3. The molecule has 4 rings (SSSR count). The summed E-state index contributed by atoms with van der Waals surface area (Å²) < 4.78 is 30.9. The molecule has 2 aliphatic heterocycles. The smallest absolute Gasteiger partial charge is 0.330 e. The lowest BCUT2D eigenvalue weighted by Gasteiger charge is -2.38. The van der Waals surface area contributed by atoms with E-state index in [9.17, 15) is 14.4 Å². The van der Waals surface area contributed by atoms with Crippen LogP contribution in [-0.2, 0) is 42.8 Å². The van der Waals surface area contributed by atoms with Crippen LogP contribution >= 0.6 is 0 Å². The lowest BCUT2D eigenvalue weighted by molar-refractivity contribution is -0.185. The minimum absolute atomic E-state index is 0.0942. The van der Waals surface area contributed by atoms with E-state index in [-0.39, 0.29) is 35.0 Å². The highest BCUT2D eigenvalue weighted by Crippen LogP contribution is 2.66. The summed E-state index contributed by atoms with van der Waals surface area (Å²) in [5.41, 5.74) is 0.284. The van der Waals surface area contributed by atoms with E-state index < -0.39 is 5.97 Å². The molecular formula is C31H48O9. The third-order valence-electron chi connectivity index (χ3n) is 9.16. The van der Waals surface area contributed by atoms with Crippen LogP contribution in [0.15, 0.2) is 38.0 Å². The van der Waals surface area contributed by atoms with Crippen molar-refractivity contribution >= 4 is 17.9 Å². The first-order chi connectivity index (χ1) is 19.0. The van der Waals surface area contributed by atoms with Gasteiger partial charge in [-0.1, -0.05) is 47.4 Å². The summed E-state index contributed by atoms with van der Waals surface area (Å²) >= 11 is 0. The molecule has 0 aromatic rings. The van der Waals surface area contributed by atoms with Crippen molar-refractivity contribution in [3.63, 3.8) is 0 Å². The third-order valence-corrected chi connectivity index (χ3v) is 9.16. The fraction of sp³-hybridized carbons (Fsp3) is 0.710. The Kier molecular flexibility index (Phi) is 13.1. The number of rotatable bonds is 9. The average Bonchev–Trinajstić information content (AvgIpc) is 3.62. The van der Waals surface area contributed by atoms with Crippen molar-refractivity contribution in [2.45, 2.75) is 78.4 Å². The predicted molar refractivity (Wildman–Crippen MR) is 150 cm³/mol. The highest BCUT2D eigenvalue weighted by molar-refractivity contribution is 5.82. The Morgan fingerprint density at radius 1 is 0.925 bits per heavy atom. The summed E-state index contributed by atoms with van der Waals surface area (Å²) in [6, 6.07) is 0. The number of ether oxygens (including phenoxy) is 6. The molecule has 4 fully saturated rings. The molecule has 0 radical (unpaired) electrons. The highest BCUT2D eigenvalue weighted by atomic mass is 16.7. The van der Waals surface area contributed by atoms with Gasteiger partial charge in [0, 0.05) is 30.2 Å². The van der Waals surface area contributed by atoms with Crippen molar-refractivity contribution in [1.29, 1.82) is 0 Å². The van der Waals surface area contributed by atoms with E-state index in [1.165, 1.54) is 18.9 Å². The molecule has 2 aliphatic carbocycles. The number of hydrogen-bond donors (Lipinski definition) is 0. The minimum Gasteiger partial charge on any atom is -0.462 e. The Bertz CT molecular complexity index is 883. The van der Waals surface area contributed by atoms with Gasteiger partial charge in [-0.15, -0.1) is 0 Å². The Hall–Kier alpha value is -2.49. The second-order valence-corrected chi connectivity index (χ2v) is 11.7. The highest BCUT2D eigenvalue weighted by Gasteiger charge is 2.62. The van der Waals surface area contributed by atoms with Gasteiger partial charge in [-0.2, -0.15) is 0 Å². The summed E-state index contributed by atoms with van der Waals surface area (Å²) in [4.78, 5) is 32.7. The molecule has 0 aromatic heterocycles. The van der Waals surface area contributed by atoms with Crippen LogP contribution in [0.25, 0.3) is 0 Å². The predicted octanol–water partition coefficient (Wildman–Crippen LogP) is 4.94. The van der Waals surface area contributed by atoms with Crippen LogP contribution in [0.2, 0.25) is 0 Å². The molecule has 0 spiro atoms. The van der Waals surface area contributed by atoms with Gasteiger partial charge in [0.1, 0.15) is 26.1 Å². The fourth-order valence-electron chi connectivity index (χ4n) is 5.80. The van der Waals surface area contributed by atoms with Crippen molar-refractivity contribution in [2.75, 3.05) is 39.8 Å². The van der Waals surface area contributed by atoms with Gasteiger partial charge in [0.2, 0.25) is 0 Å². The van der Waals surface area contributed by atoms with Gasteiger partial charge in [-0.3, -0.25) is 0 Å². The topological polar surface area (TPSA) is 107 Å². The molecule has 4 aliphatic rings. The van der Waals surface area contributed by atoms with Crippen molar-refractivity contribution in [1.82, 2.24) is 0 Å². The summed E-state index contributed by atoms with van der Waals surface area (Å²) in [5.74, 6) is -0.335. The first-order valence-electron chi connectivity index (χ1n) is 14.2. The molecule has 2 heterocycles. The van der Waals surface area contributed by atoms with Crippen molar-refractivity contribution in [3.8, 4) is 0 Å². The summed E-state index contributed by atoms with van der Waals surface area (Å²) in [5, 5.41) is 0. The number of carbonyl (C=O) groups is 3. The normalized spacial score (nSPS) is 28.9. The molecule has 9 nitrogen and oxygen atoms in total. The van der Waals surface area contributed by atoms with Crippen molar-refractivity contribution in [2.24, 2.45) is 22.2 Å². The minimum atomic E-state index is -0.400. The van der Waals surface area contributed by atoms with Crippen LogP contribution in [0.1, 0.15) is 66.2 Å². The van der Waals surface area contributed by atoms with E-state index in [1.807, 2.05) is 6.92 Å². The molecule has 40 heavy (non-hydrogen) atoms. The third kappa shape index (κ3) is 8.75. The fourth-order valence-corrected chi connectivity index (χ4v) is 5.80. The Labute approximate surface area is 239 Å². The number of hydrogen-bond acceptors (Lipinski definition) is 9. The largest absolute Gasteiger partial charge is 0.462 e. The molecule has 4 atom stereocenters. The Morgan fingerprint density at radius 3 is 2.02 bits per heavy atom. The second-order valence-electron chi connectivity index (χ2n) is 11.7. The zero-order chi connectivity index (χ0) is 29.8. The Morgan fingerprint density at radius 2 is 1.55 bits per heavy atom. The molecule has 2 saturated heterocycles. The second kappa shape index (κ2) is 15.5. The SMILES string of the molecule is C=CC(=O)OC1CC2CCC1(C)C2(C)C.C=CC(=O)OCC1(CC)COCOC1.C=CC(=O)OCC1CCCO1. The van der Waals surface area contributed by atoms with Crippen molar-refractivity contribution in [3.05, 3.63) is 38.0 Å². The molecule has 0 amide bonds.